The van der Waals surface area contributed by atoms with Gasteiger partial charge in [-0.25, -0.2) is 0 Å². The minimum Gasteiger partial charge on any atom is -0.305 e. The van der Waals surface area contributed by atoms with E-state index in [-0.39, 0.29) is 5.91 Å². The van der Waals surface area contributed by atoms with Crippen molar-refractivity contribution in [1.82, 2.24) is 14.8 Å². The van der Waals surface area contributed by atoms with Crippen LogP contribution in [0.15, 0.2) is 97.2 Å². The number of carbonyl (C=O) groups excluding carboxylic acids is 1. The summed E-state index contributed by atoms with van der Waals surface area (Å²) >= 11 is 0. The molecule has 1 atom stereocenters. The Bertz CT molecular complexity index is 1220. The molecule has 178 valence electrons. The lowest BCUT2D eigenvalue weighted by Gasteiger charge is -2.28. The Kier molecular flexibility index (Phi) is 7.17. The fourth-order valence-electron chi connectivity index (χ4n) is 5.13. The summed E-state index contributed by atoms with van der Waals surface area (Å²) < 4.78 is 0. The number of carbonyl (C=O) groups is 1. The molecular weight excluding hydrogens is 432 g/mol. The minimum atomic E-state index is 0.0949. The number of hydrogen-bond acceptors (Lipinski definition) is 4. The third-order valence-corrected chi connectivity index (χ3v) is 6.75. The molecule has 5 rings (SSSR count). The monoisotopic (exact) mass is 464 g/mol. The van der Waals surface area contributed by atoms with Gasteiger partial charge >= 0.3 is 0 Å². The van der Waals surface area contributed by atoms with E-state index in [4.69, 9.17) is 0 Å². The van der Waals surface area contributed by atoms with E-state index in [0.717, 1.165) is 49.5 Å². The zero-order valence-electron chi connectivity index (χ0n) is 20.3. The van der Waals surface area contributed by atoms with Gasteiger partial charge < -0.3 is 4.90 Å². The second kappa shape index (κ2) is 10.8. The Morgan fingerprint density at radius 2 is 1.54 bits per heavy atom. The van der Waals surface area contributed by atoms with Gasteiger partial charge in [0.15, 0.2) is 0 Å². The highest BCUT2D eigenvalue weighted by Crippen LogP contribution is 2.26. The average Bonchev–Trinajstić information content (AvgIpc) is 3.06. The maximum atomic E-state index is 13.7. The second-order valence-electron chi connectivity index (χ2n) is 9.46. The first-order valence-corrected chi connectivity index (χ1v) is 12.3. The molecule has 1 unspecified atom stereocenters. The first kappa shape index (κ1) is 23.2. The van der Waals surface area contributed by atoms with Crippen LogP contribution >= 0.6 is 0 Å². The predicted octanol–water partition coefficient (Wildman–Crippen LogP) is 5.01. The van der Waals surface area contributed by atoms with Gasteiger partial charge in [-0.3, -0.25) is 19.6 Å². The summed E-state index contributed by atoms with van der Waals surface area (Å²) in [4.78, 5) is 24.9. The van der Waals surface area contributed by atoms with Crippen molar-refractivity contribution >= 4 is 28.2 Å². The van der Waals surface area contributed by atoms with Gasteiger partial charge in [0.2, 0.25) is 5.91 Å². The van der Waals surface area contributed by atoms with Gasteiger partial charge in [-0.2, -0.15) is 0 Å². The molecule has 0 saturated carbocycles. The number of rotatable bonds is 6. The van der Waals surface area contributed by atoms with Crippen molar-refractivity contribution in [3.05, 3.63) is 103 Å². The standard InChI is InChI=1S/C30H32N4O/c1-32-18-19-33(22-24(21-32)20-26-11-8-10-25-12-9-17-31-30(25)26)23-29(35)34(27-13-4-2-5-14-27)28-15-6-3-7-16-28/h2-17,24H,18-23H2,1H3. The van der Waals surface area contributed by atoms with Gasteiger partial charge in [0.25, 0.3) is 0 Å². The highest BCUT2D eigenvalue weighted by atomic mass is 16.2. The Hall–Kier alpha value is -3.54. The summed E-state index contributed by atoms with van der Waals surface area (Å²) in [5, 5.41) is 1.18. The van der Waals surface area contributed by atoms with E-state index in [2.05, 4.69) is 46.1 Å². The highest BCUT2D eigenvalue weighted by molar-refractivity contribution is 6.01. The van der Waals surface area contributed by atoms with Crippen molar-refractivity contribution in [2.24, 2.45) is 5.92 Å². The number of aromatic nitrogens is 1. The molecule has 4 aromatic rings. The van der Waals surface area contributed by atoms with Crippen LogP contribution in [0, 0.1) is 5.92 Å². The van der Waals surface area contributed by atoms with Gasteiger partial charge in [0, 0.05) is 49.1 Å². The molecule has 0 radical (unpaired) electrons. The lowest BCUT2D eigenvalue weighted by Crippen LogP contribution is -2.41. The molecule has 0 bridgehead atoms. The number of anilines is 2. The first-order chi connectivity index (χ1) is 17.2. The number of likely N-dealkylation sites (N-methyl/N-ethyl adjacent to an activating group) is 1. The van der Waals surface area contributed by atoms with Crippen molar-refractivity contribution in [2.75, 3.05) is 44.7 Å². The third-order valence-electron chi connectivity index (χ3n) is 6.75. The lowest BCUT2D eigenvalue weighted by molar-refractivity contribution is -0.119. The van der Waals surface area contributed by atoms with Crippen LogP contribution in [0.2, 0.25) is 0 Å². The molecule has 1 saturated heterocycles. The molecule has 35 heavy (non-hydrogen) atoms. The molecule has 0 N–H and O–H groups in total. The molecular formula is C30H32N4O. The average molecular weight is 465 g/mol. The van der Waals surface area contributed by atoms with Crippen LogP contribution in [0.4, 0.5) is 11.4 Å². The van der Waals surface area contributed by atoms with Crippen LogP contribution in [0.25, 0.3) is 10.9 Å². The maximum Gasteiger partial charge on any atom is 0.245 e. The van der Waals surface area contributed by atoms with E-state index in [9.17, 15) is 4.79 Å². The summed E-state index contributed by atoms with van der Waals surface area (Å²) in [5.41, 5.74) is 4.16. The van der Waals surface area contributed by atoms with E-state index in [1.807, 2.05) is 77.8 Å². The lowest BCUT2D eigenvalue weighted by atomic mass is 9.96. The quantitative estimate of drug-likeness (QED) is 0.402. The molecule has 0 aliphatic carbocycles. The topological polar surface area (TPSA) is 39.7 Å². The van der Waals surface area contributed by atoms with Crippen molar-refractivity contribution in [3.63, 3.8) is 0 Å². The predicted molar refractivity (Wildman–Crippen MR) is 143 cm³/mol. The summed E-state index contributed by atoms with van der Waals surface area (Å²) in [6.07, 6.45) is 2.82. The molecule has 2 heterocycles. The van der Waals surface area contributed by atoms with Gasteiger partial charge in [-0.15, -0.1) is 0 Å². The van der Waals surface area contributed by atoms with Gasteiger partial charge in [0.1, 0.15) is 0 Å². The number of para-hydroxylation sites is 3. The zero-order chi connectivity index (χ0) is 24.0. The Morgan fingerprint density at radius 1 is 0.857 bits per heavy atom. The fraction of sp³-hybridized carbons (Fsp3) is 0.267. The van der Waals surface area contributed by atoms with Crippen molar-refractivity contribution in [2.45, 2.75) is 6.42 Å². The summed E-state index contributed by atoms with van der Waals surface area (Å²) in [7, 11) is 2.18. The van der Waals surface area contributed by atoms with E-state index in [1.165, 1.54) is 10.9 Å². The molecule has 5 nitrogen and oxygen atoms in total. The SMILES string of the molecule is CN1CCN(CC(=O)N(c2ccccc2)c2ccccc2)CC(Cc2cccc3cccnc23)C1. The number of benzene rings is 3. The second-order valence-corrected chi connectivity index (χ2v) is 9.46. The molecule has 1 fully saturated rings. The molecule has 1 amide bonds. The van der Waals surface area contributed by atoms with E-state index >= 15 is 0 Å². The van der Waals surface area contributed by atoms with Crippen molar-refractivity contribution in [1.29, 1.82) is 0 Å². The van der Waals surface area contributed by atoms with Crippen LogP contribution < -0.4 is 4.90 Å². The normalized spacial score (nSPS) is 17.2. The molecule has 0 spiro atoms. The summed E-state index contributed by atoms with van der Waals surface area (Å²) in [6.45, 7) is 4.12. The highest BCUT2D eigenvalue weighted by Gasteiger charge is 2.26. The Morgan fingerprint density at radius 3 is 2.26 bits per heavy atom. The maximum absolute atomic E-state index is 13.7. The van der Waals surface area contributed by atoms with Crippen LogP contribution in [0.3, 0.4) is 0 Å². The molecule has 1 aliphatic heterocycles. The van der Waals surface area contributed by atoms with E-state index < -0.39 is 0 Å². The summed E-state index contributed by atoms with van der Waals surface area (Å²) in [5.74, 6) is 0.516. The van der Waals surface area contributed by atoms with Crippen LogP contribution in [-0.2, 0) is 11.2 Å². The number of nitrogens with zero attached hydrogens (tertiary/aromatic N) is 4. The molecule has 1 aliphatic rings. The smallest absolute Gasteiger partial charge is 0.245 e. The number of fused-ring (bicyclic) bond motifs is 1. The molecule has 1 aromatic heterocycles. The van der Waals surface area contributed by atoms with Crippen LogP contribution in [0.5, 0.6) is 0 Å². The number of amides is 1. The van der Waals surface area contributed by atoms with Gasteiger partial charge in [-0.05, 0) is 55.3 Å². The molecule has 3 aromatic carbocycles. The van der Waals surface area contributed by atoms with E-state index in [0.29, 0.717) is 12.5 Å². The largest absolute Gasteiger partial charge is 0.305 e. The zero-order valence-corrected chi connectivity index (χ0v) is 20.3. The van der Waals surface area contributed by atoms with Gasteiger partial charge in [0.05, 0.1) is 12.1 Å². The third kappa shape index (κ3) is 5.59. The minimum absolute atomic E-state index is 0.0949. The van der Waals surface area contributed by atoms with Crippen molar-refractivity contribution in [3.8, 4) is 0 Å². The van der Waals surface area contributed by atoms with Crippen molar-refractivity contribution < 1.29 is 4.79 Å². The fourth-order valence-corrected chi connectivity index (χ4v) is 5.13. The van der Waals surface area contributed by atoms with Crippen LogP contribution in [0.1, 0.15) is 5.56 Å². The van der Waals surface area contributed by atoms with Gasteiger partial charge in [-0.1, -0.05) is 60.7 Å². The Balaban J connectivity index is 1.35. The Labute approximate surface area is 207 Å². The first-order valence-electron chi connectivity index (χ1n) is 12.3. The number of hydrogen-bond donors (Lipinski definition) is 0. The molecule has 5 heteroatoms. The number of pyridine rings is 1. The summed E-state index contributed by atoms with van der Waals surface area (Å²) in [6, 6.07) is 30.4. The van der Waals surface area contributed by atoms with Crippen LogP contribution in [-0.4, -0.2) is 60.5 Å². The van der Waals surface area contributed by atoms with E-state index in [1.54, 1.807) is 0 Å².